The Morgan fingerprint density at radius 1 is 1.40 bits per heavy atom. The first-order chi connectivity index (χ1) is 9.01. The molecule has 1 aromatic heterocycles. The van der Waals surface area contributed by atoms with E-state index in [4.69, 9.17) is 0 Å². The molecule has 2 N–H and O–H groups in total. The first kappa shape index (κ1) is 17.1. The van der Waals surface area contributed by atoms with Crippen molar-refractivity contribution in [2.75, 3.05) is 6.54 Å². The Morgan fingerprint density at radius 2 is 2.00 bits per heavy atom. The minimum absolute atomic E-state index is 0.0914. The summed E-state index contributed by atoms with van der Waals surface area (Å²) < 4.78 is 26.7. The van der Waals surface area contributed by atoms with Crippen molar-refractivity contribution < 1.29 is 18.3 Å². The lowest BCUT2D eigenvalue weighted by Crippen LogP contribution is -2.34. The number of aryl methyl sites for hydroxylation is 1. The summed E-state index contributed by atoms with van der Waals surface area (Å²) in [7, 11) is -3.62. The maximum atomic E-state index is 12.0. The van der Waals surface area contributed by atoms with Gasteiger partial charge in [-0.2, -0.15) is 0 Å². The highest BCUT2D eigenvalue weighted by Crippen LogP contribution is 2.25. The van der Waals surface area contributed by atoms with Crippen molar-refractivity contribution in [3.05, 3.63) is 17.0 Å². The second kappa shape index (κ2) is 6.24. The minimum Gasteiger partial charge on any atom is -0.481 e. The smallest absolute Gasteiger partial charge is 0.307 e. The molecule has 5 nitrogen and oxygen atoms in total. The Bertz CT molecular complexity index is 569. The van der Waals surface area contributed by atoms with Crippen LogP contribution in [0.2, 0.25) is 0 Å². The van der Waals surface area contributed by atoms with Crippen molar-refractivity contribution in [1.29, 1.82) is 0 Å². The minimum atomic E-state index is -3.62. The van der Waals surface area contributed by atoms with Crippen molar-refractivity contribution in [3.8, 4) is 0 Å². The lowest BCUT2D eigenvalue weighted by molar-refractivity contribution is -0.142. The molecule has 1 heterocycles. The summed E-state index contributed by atoms with van der Waals surface area (Å²) >= 11 is 1.17. The molecule has 0 aliphatic carbocycles. The molecule has 0 aromatic carbocycles. The molecule has 0 amide bonds. The molecule has 0 spiro atoms. The zero-order chi connectivity index (χ0) is 15.6. The summed E-state index contributed by atoms with van der Waals surface area (Å²) in [5, 5.41) is 9.18. The van der Waals surface area contributed by atoms with Crippen LogP contribution in [0.15, 0.2) is 16.3 Å². The molecule has 0 bridgehead atoms. The van der Waals surface area contributed by atoms with Crippen molar-refractivity contribution in [1.82, 2.24) is 4.72 Å². The summed E-state index contributed by atoms with van der Waals surface area (Å²) in [6.45, 7) is 7.52. The quantitative estimate of drug-likeness (QED) is 0.843. The van der Waals surface area contributed by atoms with E-state index in [1.807, 2.05) is 27.7 Å². The number of carbonyl (C=O) groups is 1. The average Bonchev–Trinajstić information content (AvgIpc) is 2.70. The third kappa shape index (κ3) is 5.22. The fourth-order valence-electron chi connectivity index (χ4n) is 1.82. The van der Waals surface area contributed by atoms with Gasteiger partial charge in [0, 0.05) is 11.4 Å². The maximum Gasteiger partial charge on any atom is 0.307 e. The molecule has 0 saturated carbocycles. The second-order valence-electron chi connectivity index (χ2n) is 6.02. The van der Waals surface area contributed by atoms with E-state index in [9.17, 15) is 18.3 Å². The Labute approximate surface area is 124 Å². The molecular formula is C13H21NO4S2. The van der Waals surface area contributed by atoms with Gasteiger partial charge in [-0.15, -0.1) is 11.3 Å². The number of hydrogen-bond donors (Lipinski definition) is 2. The van der Waals surface area contributed by atoms with Crippen molar-refractivity contribution in [2.45, 2.75) is 38.3 Å². The predicted octanol–water partition coefficient (Wildman–Crippen LogP) is 2.47. The van der Waals surface area contributed by atoms with Crippen molar-refractivity contribution in [3.63, 3.8) is 0 Å². The van der Waals surface area contributed by atoms with Gasteiger partial charge < -0.3 is 5.11 Å². The van der Waals surface area contributed by atoms with E-state index in [0.717, 1.165) is 4.88 Å². The molecule has 0 aliphatic rings. The Morgan fingerprint density at radius 3 is 2.40 bits per heavy atom. The topological polar surface area (TPSA) is 83.5 Å². The first-order valence-corrected chi connectivity index (χ1v) is 8.60. The standard InChI is InChI=1S/C13H21NO4S2/c1-9-5-6-11(19-9)20(17,18)14-8-10(12(15)16)7-13(2,3)4/h5-6,10,14H,7-8H2,1-4H3,(H,15,16). The van der Waals surface area contributed by atoms with Crippen LogP contribution in [0.1, 0.15) is 32.1 Å². The van der Waals surface area contributed by atoms with E-state index in [1.54, 1.807) is 6.07 Å². The number of rotatable bonds is 6. The summed E-state index contributed by atoms with van der Waals surface area (Å²) in [5.41, 5.74) is -0.173. The molecule has 0 fully saturated rings. The Hall–Kier alpha value is -0.920. The number of carboxylic acid groups (broad SMARTS) is 1. The number of sulfonamides is 1. The third-order valence-electron chi connectivity index (χ3n) is 2.71. The van der Waals surface area contributed by atoms with Gasteiger partial charge in [0.15, 0.2) is 0 Å². The molecule has 0 aliphatic heterocycles. The lowest BCUT2D eigenvalue weighted by Gasteiger charge is -2.23. The van der Waals surface area contributed by atoms with Gasteiger partial charge in [-0.1, -0.05) is 20.8 Å². The monoisotopic (exact) mass is 319 g/mol. The van der Waals surface area contributed by atoms with Gasteiger partial charge in [-0.3, -0.25) is 4.79 Å². The fraction of sp³-hybridized carbons (Fsp3) is 0.615. The van der Waals surface area contributed by atoms with Gasteiger partial charge in [0.2, 0.25) is 10.0 Å². The highest BCUT2D eigenvalue weighted by atomic mass is 32.2. The first-order valence-electron chi connectivity index (χ1n) is 6.30. The van der Waals surface area contributed by atoms with E-state index < -0.39 is 21.9 Å². The zero-order valence-electron chi connectivity index (χ0n) is 12.1. The molecule has 20 heavy (non-hydrogen) atoms. The number of hydrogen-bond acceptors (Lipinski definition) is 4. The van der Waals surface area contributed by atoms with Gasteiger partial charge in [0.05, 0.1) is 5.92 Å². The lowest BCUT2D eigenvalue weighted by atomic mass is 9.85. The molecule has 1 aromatic rings. The van der Waals surface area contributed by atoms with Gasteiger partial charge in [0.1, 0.15) is 4.21 Å². The molecule has 114 valence electrons. The van der Waals surface area contributed by atoms with Crippen LogP contribution in [0, 0.1) is 18.3 Å². The number of nitrogens with one attached hydrogen (secondary N) is 1. The van der Waals surface area contributed by atoms with Gasteiger partial charge in [0.25, 0.3) is 0 Å². The molecule has 1 atom stereocenters. The largest absolute Gasteiger partial charge is 0.481 e. The average molecular weight is 319 g/mol. The molecule has 0 saturated heterocycles. The zero-order valence-corrected chi connectivity index (χ0v) is 13.8. The molecule has 0 radical (unpaired) electrons. The van der Waals surface area contributed by atoms with Crippen molar-refractivity contribution >= 4 is 27.3 Å². The Kier molecular flexibility index (Phi) is 5.34. The highest BCUT2D eigenvalue weighted by molar-refractivity contribution is 7.91. The molecule has 1 rings (SSSR count). The highest BCUT2D eigenvalue weighted by Gasteiger charge is 2.27. The SMILES string of the molecule is Cc1ccc(S(=O)(=O)NCC(CC(C)(C)C)C(=O)O)s1. The van der Waals surface area contributed by atoms with Crippen LogP contribution >= 0.6 is 11.3 Å². The van der Waals surface area contributed by atoms with E-state index in [0.29, 0.717) is 6.42 Å². The van der Waals surface area contributed by atoms with Crippen LogP contribution in [0.5, 0.6) is 0 Å². The van der Waals surface area contributed by atoms with E-state index in [1.165, 1.54) is 17.4 Å². The number of carboxylic acids is 1. The maximum absolute atomic E-state index is 12.0. The van der Waals surface area contributed by atoms with E-state index in [-0.39, 0.29) is 16.2 Å². The number of thiophene rings is 1. The van der Waals surface area contributed by atoms with Crippen LogP contribution in [-0.2, 0) is 14.8 Å². The molecule has 7 heteroatoms. The van der Waals surface area contributed by atoms with Crippen LogP contribution in [0.3, 0.4) is 0 Å². The van der Waals surface area contributed by atoms with Crippen LogP contribution < -0.4 is 4.72 Å². The second-order valence-corrected chi connectivity index (χ2v) is 9.30. The summed E-state index contributed by atoms with van der Waals surface area (Å²) in [6.07, 6.45) is 0.411. The van der Waals surface area contributed by atoms with E-state index in [2.05, 4.69) is 4.72 Å². The molecular weight excluding hydrogens is 298 g/mol. The summed E-state index contributed by atoms with van der Waals surface area (Å²) in [5.74, 6) is -1.71. The Balaban J connectivity index is 2.75. The summed E-state index contributed by atoms with van der Waals surface area (Å²) in [4.78, 5) is 12.1. The van der Waals surface area contributed by atoms with Gasteiger partial charge in [-0.05, 0) is 30.9 Å². The van der Waals surface area contributed by atoms with Crippen LogP contribution in [0.25, 0.3) is 0 Å². The van der Waals surface area contributed by atoms with Crippen molar-refractivity contribution in [2.24, 2.45) is 11.3 Å². The van der Waals surface area contributed by atoms with Gasteiger partial charge >= 0.3 is 5.97 Å². The predicted molar refractivity (Wildman–Crippen MR) is 79.4 cm³/mol. The van der Waals surface area contributed by atoms with Crippen LogP contribution in [-0.4, -0.2) is 26.0 Å². The number of aliphatic carboxylic acids is 1. The van der Waals surface area contributed by atoms with Gasteiger partial charge in [-0.25, -0.2) is 13.1 Å². The summed E-state index contributed by atoms with van der Waals surface area (Å²) in [6, 6.07) is 3.25. The van der Waals surface area contributed by atoms with Crippen LogP contribution in [0.4, 0.5) is 0 Å². The van der Waals surface area contributed by atoms with E-state index >= 15 is 0 Å². The third-order valence-corrected chi connectivity index (χ3v) is 5.62. The molecule has 1 unspecified atom stereocenters. The fourth-order valence-corrected chi connectivity index (χ4v) is 4.23. The normalized spacial score (nSPS) is 14.2.